The first-order valence-electron chi connectivity index (χ1n) is 5.43. The molecule has 0 aromatic rings. The van der Waals surface area contributed by atoms with Crippen molar-refractivity contribution in [2.45, 2.75) is 26.8 Å². The lowest BCUT2D eigenvalue weighted by atomic mass is 10.0. The highest BCUT2D eigenvalue weighted by Crippen LogP contribution is 2.23. The number of likely N-dealkylation sites (N-methyl/N-ethyl adjacent to an activating group) is 1. The molecule has 0 aromatic heterocycles. The molecule has 0 amide bonds. The Labute approximate surface area is 93.6 Å². The van der Waals surface area contributed by atoms with Gasteiger partial charge in [0.25, 0.3) is 0 Å². The normalized spacial score (nSPS) is 17.3. The highest BCUT2D eigenvalue weighted by atomic mass is 15.1. The van der Waals surface area contributed by atoms with E-state index in [0.29, 0.717) is 6.04 Å². The molecule has 0 fully saturated rings. The first-order chi connectivity index (χ1) is 6.91. The van der Waals surface area contributed by atoms with Crippen LogP contribution in [0, 0.1) is 0 Å². The van der Waals surface area contributed by atoms with E-state index in [-0.39, 0.29) is 0 Å². The summed E-state index contributed by atoms with van der Waals surface area (Å²) in [6, 6.07) is 0.471. The molecule has 15 heavy (non-hydrogen) atoms. The van der Waals surface area contributed by atoms with Crippen LogP contribution in [-0.2, 0) is 0 Å². The van der Waals surface area contributed by atoms with Crippen molar-refractivity contribution in [3.05, 3.63) is 35.7 Å². The van der Waals surface area contributed by atoms with Gasteiger partial charge in [0.1, 0.15) is 0 Å². The lowest BCUT2D eigenvalue weighted by molar-refractivity contribution is 0.379. The van der Waals surface area contributed by atoms with Crippen molar-refractivity contribution in [2.75, 3.05) is 20.6 Å². The van der Waals surface area contributed by atoms with Crippen molar-refractivity contribution in [3.8, 4) is 0 Å². The smallest absolute Gasteiger partial charge is 0.0338 e. The first kappa shape index (κ1) is 12.1. The maximum Gasteiger partial charge on any atom is 0.0338 e. The Balaban J connectivity index is 2.89. The Bertz CT molecular complexity index is 308. The molecule has 0 bridgehead atoms. The van der Waals surface area contributed by atoms with Gasteiger partial charge in [-0.25, -0.2) is 0 Å². The van der Waals surface area contributed by atoms with Crippen LogP contribution < -0.4 is 0 Å². The lowest BCUT2D eigenvalue weighted by Gasteiger charge is -2.31. The van der Waals surface area contributed by atoms with Gasteiger partial charge in [0.15, 0.2) is 0 Å². The van der Waals surface area contributed by atoms with Gasteiger partial charge in [-0.15, -0.1) is 0 Å². The molecule has 1 rings (SSSR count). The minimum Gasteiger partial charge on any atom is -0.346 e. The van der Waals surface area contributed by atoms with Gasteiger partial charge in [-0.3, -0.25) is 0 Å². The molecule has 0 saturated carbocycles. The molecule has 84 valence electrons. The average molecular weight is 206 g/mol. The monoisotopic (exact) mass is 206 g/mol. The predicted octanol–water partition coefficient (Wildman–Crippen LogP) is 2.62. The van der Waals surface area contributed by atoms with Crippen molar-refractivity contribution in [1.29, 1.82) is 0 Å². The SMILES string of the molecule is C=C1C=C(C)C(CN(C)C)=CN1C(C)C. The molecule has 0 aromatic carbocycles. The number of hydrogen-bond acceptors (Lipinski definition) is 2. The van der Waals surface area contributed by atoms with E-state index >= 15 is 0 Å². The third-order valence-electron chi connectivity index (χ3n) is 2.56. The van der Waals surface area contributed by atoms with Gasteiger partial charge in [-0.05, 0) is 52.1 Å². The maximum atomic E-state index is 4.07. The maximum absolute atomic E-state index is 4.07. The first-order valence-corrected chi connectivity index (χ1v) is 5.43. The van der Waals surface area contributed by atoms with E-state index in [9.17, 15) is 0 Å². The van der Waals surface area contributed by atoms with Crippen molar-refractivity contribution < 1.29 is 0 Å². The molecule has 1 heterocycles. The second kappa shape index (κ2) is 4.67. The molecular formula is C13H22N2. The van der Waals surface area contributed by atoms with E-state index in [1.54, 1.807) is 0 Å². The largest absolute Gasteiger partial charge is 0.346 e. The summed E-state index contributed by atoms with van der Waals surface area (Å²) < 4.78 is 0. The Morgan fingerprint density at radius 2 is 2.00 bits per heavy atom. The summed E-state index contributed by atoms with van der Waals surface area (Å²) in [6.45, 7) is 11.6. The zero-order chi connectivity index (χ0) is 11.6. The summed E-state index contributed by atoms with van der Waals surface area (Å²) in [4.78, 5) is 4.42. The van der Waals surface area contributed by atoms with Gasteiger partial charge in [0.2, 0.25) is 0 Å². The molecule has 2 nitrogen and oxygen atoms in total. The van der Waals surface area contributed by atoms with Crippen LogP contribution in [0.25, 0.3) is 0 Å². The van der Waals surface area contributed by atoms with Crippen molar-refractivity contribution >= 4 is 0 Å². The standard InChI is InChI=1S/C13H22N2/c1-10(2)15-9-13(8-14(5)6)11(3)7-12(15)4/h7,9-10H,4,8H2,1-3,5-6H3. The Hall–Kier alpha value is -1.02. The fourth-order valence-electron chi connectivity index (χ4n) is 1.76. The average Bonchev–Trinajstić information content (AvgIpc) is 2.08. The van der Waals surface area contributed by atoms with E-state index in [1.807, 2.05) is 0 Å². The second-order valence-corrected chi connectivity index (χ2v) is 4.71. The summed E-state index contributed by atoms with van der Waals surface area (Å²) in [5.74, 6) is 0. The summed E-state index contributed by atoms with van der Waals surface area (Å²) >= 11 is 0. The molecule has 0 unspecified atom stereocenters. The number of hydrogen-bond donors (Lipinski definition) is 0. The summed E-state index contributed by atoms with van der Waals surface area (Å²) in [5.41, 5.74) is 3.79. The van der Waals surface area contributed by atoms with Crippen molar-refractivity contribution in [1.82, 2.24) is 9.80 Å². The zero-order valence-corrected chi connectivity index (χ0v) is 10.5. The van der Waals surface area contributed by atoms with E-state index < -0.39 is 0 Å². The topological polar surface area (TPSA) is 6.48 Å². The van der Waals surface area contributed by atoms with Gasteiger partial charge in [-0.2, -0.15) is 0 Å². The van der Waals surface area contributed by atoms with Gasteiger partial charge in [0, 0.05) is 24.5 Å². The van der Waals surface area contributed by atoms with Gasteiger partial charge in [-0.1, -0.05) is 6.58 Å². The quantitative estimate of drug-likeness (QED) is 0.700. The molecule has 0 saturated heterocycles. The van der Waals surface area contributed by atoms with Crippen LogP contribution in [0.2, 0.25) is 0 Å². The molecular weight excluding hydrogens is 184 g/mol. The fourth-order valence-corrected chi connectivity index (χ4v) is 1.76. The Morgan fingerprint density at radius 3 is 2.47 bits per heavy atom. The van der Waals surface area contributed by atoms with Crippen LogP contribution >= 0.6 is 0 Å². The van der Waals surface area contributed by atoms with E-state index in [2.05, 4.69) is 63.5 Å². The van der Waals surface area contributed by atoms with Crippen molar-refractivity contribution in [3.63, 3.8) is 0 Å². The Kier molecular flexibility index (Phi) is 3.75. The van der Waals surface area contributed by atoms with Crippen LogP contribution in [0.1, 0.15) is 20.8 Å². The molecule has 1 aliphatic rings. The molecule has 0 spiro atoms. The van der Waals surface area contributed by atoms with Crippen LogP contribution in [-0.4, -0.2) is 36.5 Å². The molecule has 0 radical (unpaired) electrons. The predicted molar refractivity (Wildman–Crippen MR) is 66.5 cm³/mol. The van der Waals surface area contributed by atoms with Crippen LogP contribution in [0.5, 0.6) is 0 Å². The van der Waals surface area contributed by atoms with Crippen LogP contribution in [0.3, 0.4) is 0 Å². The minimum atomic E-state index is 0.471. The van der Waals surface area contributed by atoms with E-state index in [1.165, 1.54) is 11.1 Å². The lowest BCUT2D eigenvalue weighted by Crippen LogP contribution is -2.28. The number of nitrogens with zero attached hydrogens (tertiary/aromatic N) is 2. The van der Waals surface area contributed by atoms with Gasteiger partial charge >= 0.3 is 0 Å². The van der Waals surface area contributed by atoms with Crippen LogP contribution in [0.15, 0.2) is 35.7 Å². The molecule has 0 atom stereocenters. The number of rotatable bonds is 3. The third kappa shape index (κ3) is 2.96. The summed E-state index contributed by atoms with van der Waals surface area (Å²) in [7, 11) is 4.19. The second-order valence-electron chi connectivity index (χ2n) is 4.71. The van der Waals surface area contributed by atoms with E-state index in [0.717, 1.165) is 12.2 Å². The van der Waals surface area contributed by atoms with Gasteiger partial charge < -0.3 is 9.80 Å². The highest BCUT2D eigenvalue weighted by molar-refractivity contribution is 5.40. The highest BCUT2D eigenvalue weighted by Gasteiger charge is 2.15. The van der Waals surface area contributed by atoms with Crippen LogP contribution in [0.4, 0.5) is 0 Å². The summed E-state index contributed by atoms with van der Waals surface area (Å²) in [5, 5.41) is 0. The summed E-state index contributed by atoms with van der Waals surface area (Å²) in [6.07, 6.45) is 4.39. The fraction of sp³-hybridized carbons (Fsp3) is 0.538. The molecule has 0 N–H and O–H groups in total. The van der Waals surface area contributed by atoms with Gasteiger partial charge in [0.05, 0.1) is 0 Å². The zero-order valence-electron chi connectivity index (χ0n) is 10.5. The van der Waals surface area contributed by atoms with E-state index in [4.69, 9.17) is 0 Å². The minimum absolute atomic E-state index is 0.471. The molecule has 2 heteroatoms. The number of allylic oxidation sites excluding steroid dienone is 1. The molecule has 1 aliphatic heterocycles. The third-order valence-corrected chi connectivity index (χ3v) is 2.56. The molecule has 0 aliphatic carbocycles. The Morgan fingerprint density at radius 1 is 1.40 bits per heavy atom. The van der Waals surface area contributed by atoms with Crippen molar-refractivity contribution in [2.24, 2.45) is 0 Å².